The molecule has 19 heavy (non-hydrogen) atoms. The van der Waals surface area contributed by atoms with Gasteiger partial charge in [0.25, 0.3) is 0 Å². The van der Waals surface area contributed by atoms with Gasteiger partial charge in [0.05, 0.1) is 6.10 Å². The number of halogens is 2. The summed E-state index contributed by atoms with van der Waals surface area (Å²) in [6.45, 7) is 1.90. The van der Waals surface area contributed by atoms with E-state index >= 15 is 0 Å². The molecule has 0 aliphatic heterocycles. The number of hydrogen-bond donors (Lipinski definition) is 1. The van der Waals surface area contributed by atoms with Crippen molar-refractivity contribution in [2.24, 2.45) is 0 Å². The molecule has 2 rings (SSSR count). The van der Waals surface area contributed by atoms with Gasteiger partial charge in [-0.3, -0.25) is 0 Å². The van der Waals surface area contributed by atoms with E-state index in [9.17, 15) is 9.50 Å². The predicted molar refractivity (Wildman–Crippen MR) is 75.5 cm³/mol. The molecule has 0 spiro atoms. The summed E-state index contributed by atoms with van der Waals surface area (Å²) in [6.07, 6.45) is -0.819. The fraction of sp³-hybridized carbons (Fsp3) is 0.200. The van der Waals surface area contributed by atoms with Crippen LogP contribution in [0.2, 0.25) is 0 Å². The van der Waals surface area contributed by atoms with Gasteiger partial charge in [-0.15, -0.1) is 0 Å². The SMILES string of the molecule is CC(O)c1ccc(OCc2ccc(Br)cc2)cc1F. The Labute approximate surface area is 120 Å². The fourth-order valence-electron chi connectivity index (χ4n) is 1.68. The Morgan fingerprint density at radius 1 is 1.21 bits per heavy atom. The molecule has 2 nitrogen and oxygen atoms in total. The summed E-state index contributed by atoms with van der Waals surface area (Å²) in [4.78, 5) is 0. The number of hydrogen-bond acceptors (Lipinski definition) is 2. The zero-order chi connectivity index (χ0) is 13.8. The molecule has 100 valence electrons. The van der Waals surface area contributed by atoms with Gasteiger partial charge in [-0.2, -0.15) is 0 Å². The number of aliphatic hydroxyl groups excluding tert-OH is 1. The summed E-state index contributed by atoms with van der Waals surface area (Å²) < 4.78 is 20.1. The second-order valence-corrected chi connectivity index (χ2v) is 5.19. The van der Waals surface area contributed by atoms with Crippen LogP contribution in [0.1, 0.15) is 24.2 Å². The number of benzene rings is 2. The lowest BCUT2D eigenvalue weighted by Gasteiger charge is -2.10. The van der Waals surface area contributed by atoms with Gasteiger partial charge < -0.3 is 9.84 Å². The third-order valence-electron chi connectivity index (χ3n) is 2.74. The molecular weight excluding hydrogens is 311 g/mol. The second kappa shape index (κ2) is 6.17. The molecule has 0 aliphatic carbocycles. The van der Waals surface area contributed by atoms with Gasteiger partial charge in [-0.05, 0) is 36.8 Å². The van der Waals surface area contributed by atoms with Gasteiger partial charge in [0.1, 0.15) is 18.2 Å². The first-order chi connectivity index (χ1) is 9.06. The van der Waals surface area contributed by atoms with Crippen LogP contribution >= 0.6 is 15.9 Å². The molecule has 2 aromatic rings. The molecule has 1 N–H and O–H groups in total. The predicted octanol–water partition coefficient (Wildman–Crippen LogP) is 4.22. The van der Waals surface area contributed by atoms with Crippen molar-refractivity contribution in [3.63, 3.8) is 0 Å². The van der Waals surface area contributed by atoms with Gasteiger partial charge in [-0.25, -0.2) is 4.39 Å². The van der Waals surface area contributed by atoms with Crippen molar-refractivity contribution < 1.29 is 14.2 Å². The molecule has 0 heterocycles. The standard InChI is InChI=1S/C15H14BrFO2/c1-10(18)14-7-6-13(8-15(14)17)19-9-11-2-4-12(16)5-3-11/h2-8,10,18H,9H2,1H3. The molecule has 0 radical (unpaired) electrons. The third-order valence-corrected chi connectivity index (χ3v) is 3.27. The molecule has 0 amide bonds. The van der Waals surface area contributed by atoms with E-state index in [0.29, 0.717) is 12.4 Å². The lowest BCUT2D eigenvalue weighted by molar-refractivity contribution is 0.194. The van der Waals surface area contributed by atoms with E-state index in [1.807, 2.05) is 24.3 Å². The van der Waals surface area contributed by atoms with Crippen molar-refractivity contribution in [1.82, 2.24) is 0 Å². The molecule has 0 saturated heterocycles. The molecule has 4 heteroatoms. The lowest BCUT2D eigenvalue weighted by Crippen LogP contribution is -1.99. The zero-order valence-corrected chi connectivity index (χ0v) is 12.0. The average molecular weight is 325 g/mol. The van der Waals surface area contributed by atoms with Crippen LogP contribution in [0.25, 0.3) is 0 Å². The maximum atomic E-state index is 13.6. The first kappa shape index (κ1) is 14.0. The quantitative estimate of drug-likeness (QED) is 0.912. The summed E-state index contributed by atoms with van der Waals surface area (Å²) >= 11 is 3.36. The highest BCUT2D eigenvalue weighted by molar-refractivity contribution is 9.10. The normalized spacial score (nSPS) is 12.2. The van der Waals surface area contributed by atoms with Crippen LogP contribution in [0.5, 0.6) is 5.75 Å². The van der Waals surface area contributed by atoms with Crippen LogP contribution in [0.3, 0.4) is 0 Å². The van der Waals surface area contributed by atoms with E-state index in [1.165, 1.54) is 19.1 Å². The van der Waals surface area contributed by atoms with Crippen molar-refractivity contribution in [2.75, 3.05) is 0 Å². The molecule has 1 atom stereocenters. The van der Waals surface area contributed by atoms with Gasteiger partial charge in [0, 0.05) is 16.1 Å². The monoisotopic (exact) mass is 324 g/mol. The highest BCUT2D eigenvalue weighted by Gasteiger charge is 2.09. The Morgan fingerprint density at radius 3 is 2.47 bits per heavy atom. The number of aliphatic hydroxyl groups is 1. The van der Waals surface area contributed by atoms with Crippen LogP contribution < -0.4 is 4.74 Å². The molecular formula is C15H14BrFO2. The van der Waals surface area contributed by atoms with Crippen LogP contribution in [-0.4, -0.2) is 5.11 Å². The van der Waals surface area contributed by atoms with E-state index in [0.717, 1.165) is 10.0 Å². The first-order valence-corrected chi connectivity index (χ1v) is 6.70. The first-order valence-electron chi connectivity index (χ1n) is 5.91. The van der Waals surface area contributed by atoms with Crippen molar-refractivity contribution in [1.29, 1.82) is 0 Å². The van der Waals surface area contributed by atoms with Crippen molar-refractivity contribution in [3.05, 3.63) is 63.9 Å². The van der Waals surface area contributed by atoms with E-state index < -0.39 is 11.9 Å². The average Bonchev–Trinajstić information content (AvgIpc) is 2.37. The highest BCUT2D eigenvalue weighted by Crippen LogP contribution is 2.22. The molecule has 0 aromatic heterocycles. The van der Waals surface area contributed by atoms with E-state index in [1.54, 1.807) is 6.07 Å². The zero-order valence-electron chi connectivity index (χ0n) is 10.4. The summed E-state index contributed by atoms with van der Waals surface area (Å²) in [7, 11) is 0. The maximum absolute atomic E-state index is 13.6. The number of ether oxygens (including phenoxy) is 1. The Bertz CT molecular complexity index is 553. The Kier molecular flexibility index (Phi) is 4.56. The Balaban J connectivity index is 2.04. The van der Waals surface area contributed by atoms with E-state index in [4.69, 9.17) is 4.74 Å². The molecule has 0 saturated carbocycles. The molecule has 0 bridgehead atoms. The van der Waals surface area contributed by atoms with Gasteiger partial charge >= 0.3 is 0 Å². The van der Waals surface area contributed by atoms with Gasteiger partial charge in [-0.1, -0.05) is 28.1 Å². The summed E-state index contributed by atoms with van der Waals surface area (Å²) in [5.41, 5.74) is 1.28. The summed E-state index contributed by atoms with van der Waals surface area (Å²) in [6, 6.07) is 12.2. The molecule has 0 aliphatic rings. The molecule has 0 fully saturated rings. The summed E-state index contributed by atoms with van der Waals surface area (Å²) in [5, 5.41) is 9.34. The van der Waals surface area contributed by atoms with Crippen molar-refractivity contribution in [3.8, 4) is 5.75 Å². The van der Waals surface area contributed by atoms with Crippen LogP contribution in [0.4, 0.5) is 4.39 Å². The highest BCUT2D eigenvalue weighted by atomic mass is 79.9. The largest absolute Gasteiger partial charge is 0.489 e. The van der Waals surface area contributed by atoms with Crippen LogP contribution in [-0.2, 0) is 6.61 Å². The third kappa shape index (κ3) is 3.78. The topological polar surface area (TPSA) is 29.5 Å². The molecule has 1 unspecified atom stereocenters. The Morgan fingerprint density at radius 2 is 1.89 bits per heavy atom. The molecule has 2 aromatic carbocycles. The minimum absolute atomic E-state index is 0.274. The van der Waals surface area contributed by atoms with E-state index in [2.05, 4.69) is 15.9 Å². The fourth-order valence-corrected chi connectivity index (χ4v) is 1.95. The van der Waals surface area contributed by atoms with Crippen LogP contribution in [0, 0.1) is 5.82 Å². The lowest BCUT2D eigenvalue weighted by atomic mass is 10.1. The van der Waals surface area contributed by atoms with Crippen LogP contribution in [0.15, 0.2) is 46.9 Å². The van der Waals surface area contributed by atoms with Gasteiger partial charge in [0.15, 0.2) is 0 Å². The number of rotatable bonds is 4. The minimum atomic E-state index is -0.819. The summed E-state index contributed by atoms with van der Waals surface area (Å²) in [5.74, 6) is -0.00637. The Hall–Kier alpha value is -1.39. The smallest absolute Gasteiger partial charge is 0.132 e. The maximum Gasteiger partial charge on any atom is 0.132 e. The van der Waals surface area contributed by atoms with E-state index in [-0.39, 0.29) is 5.56 Å². The van der Waals surface area contributed by atoms with Gasteiger partial charge in [0.2, 0.25) is 0 Å². The second-order valence-electron chi connectivity index (χ2n) is 4.27. The van der Waals surface area contributed by atoms with Crippen molar-refractivity contribution >= 4 is 15.9 Å². The minimum Gasteiger partial charge on any atom is -0.489 e. The van der Waals surface area contributed by atoms with Crippen molar-refractivity contribution in [2.45, 2.75) is 19.6 Å².